The molecule has 0 unspecified atom stereocenters. The molecule has 3 rings (SSSR count). The Bertz CT molecular complexity index is 899. The van der Waals surface area contributed by atoms with E-state index in [4.69, 9.17) is 31.4 Å². The molecule has 1 aliphatic heterocycles. The number of carbonyl (C=O) groups excluding carboxylic acids is 1. The molecule has 1 fully saturated rings. The zero-order chi connectivity index (χ0) is 24.9. The number of likely N-dealkylation sites (N-methyl/N-ethyl adjacent to an activating group) is 1. The number of halogens is 2. The molecule has 0 aromatic heterocycles. The third kappa shape index (κ3) is 8.70. The molecular weight excluding hydrogens is 453 g/mol. The minimum absolute atomic E-state index is 0.0177. The largest absolute Gasteiger partial charge is 0.483 e. The van der Waals surface area contributed by atoms with E-state index in [0.29, 0.717) is 18.5 Å². The van der Waals surface area contributed by atoms with Crippen molar-refractivity contribution < 1.29 is 29.0 Å². The van der Waals surface area contributed by atoms with Crippen LogP contribution >= 0.6 is 11.6 Å². The highest BCUT2D eigenvalue weighted by Crippen LogP contribution is 2.30. The summed E-state index contributed by atoms with van der Waals surface area (Å²) < 4.78 is 13.6. The van der Waals surface area contributed by atoms with E-state index in [1.54, 1.807) is 31.1 Å². The lowest BCUT2D eigenvalue weighted by Crippen LogP contribution is -2.57. The van der Waals surface area contributed by atoms with E-state index in [-0.39, 0.29) is 24.7 Å². The number of carboxylic acid groups (broad SMARTS) is 2. The fourth-order valence-corrected chi connectivity index (χ4v) is 3.82. The van der Waals surface area contributed by atoms with Crippen LogP contribution in [0.1, 0.15) is 18.4 Å². The number of nitrogens with zero attached hydrogens (tertiary/aromatic N) is 2. The molecule has 1 saturated heterocycles. The first-order valence-corrected chi connectivity index (χ1v) is 10.5. The summed E-state index contributed by atoms with van der Waals surface area (Å²) in [5.41, 5.74) is 0.988. The van der Waals surface area contributed by atoms with Crippen molar-refractivity contribution in [3.05, 3.63) is 64.9 Å². The minimum Gasteiger partial charge on any atom is -0.483 e. The van der Waals surface area contributed by atoms with Gasteiger partial charge in [0.25, 0.3) is 12.9 Å². The summed E-state index contributed by atoms with van der Waals surface area (Å²) in [5.74, 6) is -0.298. The molecule has 2 aromatic carbocycles. The van der Waals surface area contributed by atoms with Gasteiger partial charge in [-0.05, 0) is 42.7 Å². The summed E-state index contributed by atoms with van der Waals surface area (Å²) in [6, 6.07) is 14.1. The van der Waals surface area contributed by atoms with E-state index in [9.17, 15) is 9.18 Å². The Morgan fingerprint density at radius 2 is 1.70 bits per heavy atom. The number of benzene rings is 2. The molecule has 0 saturated carbocycles. The number of hydrogen-bond acceptors (Lipinski definition) is 5. The van der Waals surface area contributed by atoms with Gasteiger partial charge in [-0.15, -0.1) is 0 Å². The lowest BCUT2D eigenvalue weighted by Gasteiger charge is -2.43. The highest BCUT2D eigenvalue weighted by molar-refractivity contribution is 6.31. The van der Waals surface area contributed by atoms with Gasteiger partial charge in [0.1, 0.15) is 11.4 Å². The SMILES string of the molecule is CN(C)C(=O)C1(Nc2cccc(F)c2)CCN(Cc2ccccc2Cl)CC1.O=CO.O=CO. The van der Waals surface area contributed by atoms with Crippen LogP contribution in [0.5, 0.6) is 0 Å². The van der Waals surface area contributed by atoms with Gasteiger partial charge < -0.3 is 20.4 Å². The molecule has 1 heterocycles. The van der Waals surface area contributed by atoms with Gasteiger partial charge in [-0.25, -0.2) is 4.39 Å². The molecule has 1 amide bonds. The maximum Gasteiger partial charge on any atom is 0.290 e. The summed E-state index contributed by atoms with van der Waals surface area (Å²) in [6.45, 7) is 1.77. The lowest BCUT2D eigenvalue weighted by molar-refractivity contribution is -0.135. The molecule has 180 valence electrons. The zero-order valence-corrected chi connectivity index (χ0v) is 19.3. The molecule has 33 heavy (non-hydrogen) atoms. The van der Waals surface area contributed by atoms with Crippen molar-refractivity contribution in [2.24, 2.45) is 0 Å². The molecule has 8 nitrogen and oxygen atoms in total. The molecule has 3 N–H and O–H groups in total. The molecule has 0 aliphatic carbocycles. The summed E-state index contributed by atoms with van der Waals surface area (Å²) in [5, 5.41) is 17.9. The second-order valence-electron chi connectivity index (χ2n) is 7.50. The van der Waals surface area contributed by atoms with E-state index < -0.39 is 5.54 Å². The third-order valence-corrected chi connectivity index (χ3v) is 5.45. The van der Waals surface area contributed by atoms with Crippen molar-refractivity contribution >= 4 is 36.1 Å². The van der Waals surface area contributed by atoms with Gasteiger partial charge in [0, 0.05) is 44.4 Å². The van der Waals surface area contributed by atoms with Gasteiger partial charge in [0.05, 0.1) is 0 Å². The number of hydrogen-bond donors (Lipinski definition) is 3. The maximum atomic E-state index is 13.6. The van der Waals surface area contributed by atoms with Crippen LogP contribution in [0.25, 0.3) is 0 Å². The topological polar surface area (TPSA) is 110 Å². The first-order chi connectivity index (χ1) is 15.7. The molecule has 10 heteroatoms. The van der Waals surface area contributed by atoms with Gasteiger partial charge >= 0.3 is 0 Å². The molecule has 2 aromatic rings. The predicted molar refractivity (Wildman–Crippen MR) is 125 cm³/mol. The minimum atomic E-state index is -0.728. The standard InChI is InChI=1S/C21H25ClFN3O.2CH2O2/c1-25(2)20(27)21(24-18-8-5-7-17(23)14-18)10-12-26(13-11-21)15-16-6-3-4-9-19(16)22;2*2-1-3/h3-9,14,24H,10-13,15H2,1-2H3;2*1H,(H,2,3). The Kier molecular flexibility index (Phi) is 11.9. The summed E-state index contributed by atoms with van der Waals surface area (Å²) in [6.07, 6.45) is 1.29. The third-order valence-electron chi connectivity index (χ3n) is 5.09. The smallest absolute Gasteiger partial charge is 0.290 e. The monoisotopic (exact) mass is 481 g/mol. The van der Waals surface area contributed by atoms with Crippen LogP contribution in [-0.2, 0) is 20.9 Å². The average molecular weight is 482 g/mol. The molecular formula is C23H29ClFN3O5. The Labute approximate surface area is 197 Å². The maximum absolute atomic E-state index is 13.6. The first-order valence-electron chi connectivity index (χ1n) is 10.1. The van der Waals surface area contributed by atoms with Gasteiger partial charge in [-0.1, -0.05) is 35.9 Å². The van der Waals surface area contributed by atoms with Crippen LogP contribution in [-0.4, -0.2) is 71.6 Å². The van der Waals surface area contributed by atoms with Crippen molar-refractivity contribution in [2.75, 3.05) is 32.5 Å². The highest BCUT2D eigenvalue weighted by atomic mass is 35.5. The Morgan fingerprint density at radius 1 is 1.12 bits per heavy atom. The summed E-state index contributed by atoms with van der Waals surface area (Å²) in [7, 11) is 3.51. The van der Waals surface area contributed by atoms with Crippen molar-refractivity contribution in [1.29, 1.82) is 0 Å². The van der Waals surface area contributed by atoms with E-state index >= 15 is 0 Å². The fraction of sp³-hybridized carbons (Fsp3) is 0.348. The number of anilines is 1. The number of carbonyl (C=O) groups is 3. The second-order valence-corrected chi connectivity index (χ2v) is 7.90. The van der Waals surface area contributed by atoms with Crippen molar-refractivity contribution in [1.82, 2.24) is 9.80 Å². The molecule has 0 spiro atoms. The molecule has 1 aliphatic rings. The Hall–Kier alpha value is -3.17. The van der Waals surface area contributed by atoms with Crippen molar-refractivity contribution in [3.8, 4) is 0 Å². The van der Waals surface area contributed by atoms with Gasteiger partial charge in [-0.2, -0.15) is 0 Å². The predicted octanol–water partition coefficient (Wildman–Crippen LogP) is 3.42. The summed E-state index contributed by atoms with van der Waals surface area (Å²) in [4.78, 5) is 33.6. The first kappa shape index (κ1) is 27.9. The summed E-state index contributed by atoms with van der Waals surface area (Å²) >= 11 is 6.28. The highest BCUT2D eigenvalue weighted by Gasteiger charge is 2.42. The van der Waals surface area contributed by atoms with Crippen LogP contribution in [0, 0.1) is 5.82 Å². The zero-order valence-electron chi connectivity index (χ0n) is 18.6. The van der Waals surface area contributed by atoms with Crippen LogP contribution < -0.4 is 5.32 Å². The number of amides is 1. The van der Waals surface area contributed by atoms with Crippen LogP contribution in [0.15, 0.2) is 48.5 Å². The van der Waals surface area contributed by atoms with E-state index in [1.807, 2.05) is 24.3 Å². The number of piperidine rings is 1. The molecule has 0 atom stereocenters. The quantitative estimate of drug-likeness (QED) is 0.561. The second kappa shape index (κ2) is 14.1. The van der Waals surface area contributed by atoms with Crippen LogP contribution in [0.3, 0.4) is 0 Å². The number of likely N-dealkylation sites (tertiary alicyclic amines) is 1. The average Bonchev–Trinajstić information content (AvgIpc) is 2.77. The van der Waals surface area contributed by atoms with Gasteiger partial charge in [0.15, 0.2) is 0 Å². The fourth-order valence-electron chi connectivity index (χ4n) is 3.62. The number of nitrogens with one attached hydrogen (secondary N) is 1. The normalized spacial score (nSPS) is 14.4. The van der Waals surface area contributed by atoms with E-state index in [1.165, 1.54) is 12.1 Å². The molecule has 0 bridgehead atoms. The van der Waals surface area contributed by atoms with Crippen LogP contribution in [0.2, 0.25) is 5.02 Å². The van der Waals surface area contributed by atoms with E-state index in [0.717, 1.165) is 30.2 Å². The Balaban J connectivity index is 0.000000819. The molecule has 0 radical (unpaired) electrons. The lowest BCUT2D eigenvalue weighted by atomic mass is 9.85. The van der Waals surface area contributed by atoms with Crippen molar-refractivity contribution in [3.63, 3.8) is 0 Å². The van der Waals surface area contributed by atoms with Crippen LogP contribution in [0.4, 0.5) is 10.1 Å². The van der Waals surface area contributed by atoms with Gasteiger partial charge in [0.2, 0.25) is 5.91 Å². The Morgan fingerprint density at radius 3 is 2.21 bits per heavy atom. The number of rotatable bonds is 5. The van der Waals surface area contributed by atoms with E-state index in [2.05, 4.69) is 10.2 Å². The van der Waals surface area contributed by atoms with Gasteiger partial charge in [-0.3, -0.25) is 19.3 Å². The van der Waals surface area contributed by atoms with Crippen molar-refractivity contribution in [2.45, 2.75) is 24.9 Å².